The van der Waals surface area contributed by atoms with Gasteiger partial charge in [-0.25, -0.2) is 0 Å². The number of benzene rings is 1. The van der Waals surface area contributed by atoms with E-state index in [0.29, 0.717) is 38.4 Å². The van der Waals surface area contributed by atoms with Gasteiger partial charge in [0.05, 0.1) is 11.4 Å². The summed E-state index contributed by atoms with van der Waals surface area (Å²) in [4.78, 5) is 11.8. The van der Waals surface area contributed by atoms with Crippen molar-refractivity contribution in [2.75, 3.05) is 25.5 Å². The first kappa shape index (κ1) is 16.3. The second kappa shape index (κ2) is 7.82. The molecule has 2 rings (SSSR count). The van der Waals surface area contributed by atoms with Gasteiger partial charge in [-0.15, -0.1) is 11.8 Å². The third kappa shape index (κ3) is 5.69. The summed E-state index contributed by atoms with van der Waals surface area (Å²) in [5.74, 6) is 1.22. The Hall–Kier alpha value is -1.04. The molecule has 1 saturated heterocycles. The quantitative estimate of drug-likeness (QED) is 0.842. The number of carbonyl (C=O) groups excluding carboxylic acids is 1. The number of aliphatic hydroxyl groups is 1. The van der Waals surface area contributed by atoms with Crippen LogP contribution in [0.2, 0.25) is 0 Å². The smallest absolute Gasteiger partial charge is 0.230 e. The lowest BCUT2D eigenvalue weighted by Gasteiger charge is -2.32. The lowest BCUT2D eigenvalue weighted by molar-refractivity contribution is -0.121. The number of aryl methyl sites for hydroxylation is 1. The van der Waals surface area contributed by atoms with Gasteiger partial charge in [0.2, 0.25) is 5.91 Å². The first-order chi connectivity index (χ1) is 10.1. The minimum absolute atomic E-state index is 0.0213. The predicted molar refractivity (Wildman–Crippen MR) is 85.4 cm³/mol. The van der Waals surface area contributed by atoms with Crippen molar-refractivity contribution >= 4 is 17.7 Å². The number of rotatable bonds is 6. The summed E-state index contributed by atoms with van der Waals surface area (Å²) < 4.78 is 5.22. The molecule has 21 heavy (non-hydrogen) atoms. The molecule has 0 saturated carbocycles. The SMILES string of the molecule is Cc1ccc(CSCC(=O)NCC2(O)CCOCC2)cc1. The first-order valence-electron chi connectivity index (χ1n) is 7.28. The molecule has 1 fully saturated rings. The molecule has 1 amide bonds. The van der Waals surface area contributed by atoms with Crippen molar-refractivity contribution in [1.29, 1.82) is 0 Å². The van der Waals surface area contributed by atoms with Crippen LogP contribution in [0.15, 0.2) is 24.3 Å². The number of thioether (sulfide) groups is 1. The summed E-state index contributed by atoms with van der Waals surface area (Å²) in [5.41, 5.74) is 1.67. The van der Waals surface area contributed by atoms with Gasteiger partial charge in [0, 0.05) is 38.4 Å². The second-order valence-electron chi connectivity index (χ2n) is 5.59. The maximum Gasteiger partial charge on any atom is 0.230 e. The normalized spacial score (nSPS) is 17.4. The molecule has 1 aromatic rings. The van der Waals surface area contributed by atoms with Crippen molar-refractivity contribution in [1.82, 2.24) is 5.32 Å². The largest absolute Gasteiger partial charge is 0.388 e. The molecule has 0 spiro atoms. The van der Waals surface area contributed by atoms with Crippen LogP contribution in [0.4, 0.5) is 0 Å². The number of ether oxygens (including phenoxy) is 1. The Balaban J connectivity index is 1.64. The van der Waals surface area contributed by atoms with Crippen LogP contribution in [0, 0.1) is 6.92 Å². The molecule has 1 aliphatic heterocycles. The molecule has 0 radical (unpaired) electrons. The Kier molecular flexibility index (Phi) is 6.08. The molecule has 0 atom stereocenters. The summed E-state index contributed by atoms with van der Waals surface area (Å²) in [6, 6.07) is 8.34. The van der Waals surface area contributed by atoms with Crippen molar-refractivity contribution in [2.24, 2.45) is 0 Å². The van der Waals surface area contributed by atoms with Gasteiger partial charge in [-0.2, -0.15) is 0 Å². The molecule has 0 bridgehead atoms. The Morgan fingerprint density at radius 1 is 1.33 bits per heavy atom. The van der Waals surface area contributed by atoms with Crippen LogP contribution in [0.5, 0.6) is 0 Å². The summed E-state index contributed by atoms with van der Waals surface area (Å²) in [6.45, 7) is 3.51. The van der Waals surface area contributed by atoms with Crippen LogP contribution in [0.25, 0.3) is 0 Å². The van der Waals surface area contributed by atoms with Gasteiger partial charge in [0.15, 0.2) is 0 Å². The second-order valence-corrected chi connectivity index (χ2v) is 6.58. The Labute approximate surface area is 130 Å². The molecule has 1 aromatic carbocycles. The molecule has 0 aliphatic carbocycles. The molecular weight excluding hydrogens is 286 g/mol. The van der Waals surface area contributed by atoms with E-state index in [0.717, 1.165) is 5.75 Å². The van der Waals surface area contributed by atoms with Gasteiger partial charge in [-0.05, 0) is 12.5 Å². The standard InChI is InChI=1S/C16H23NO3S/c1-13-2-4-14(5-3-13)10-21-11-15(18)17-12-16(19)6-8-20-9-7-16/h2-5,19H,6-12H2,1H3,(H,17,18). The Morgan fingerprint density at radius 3 is 2.67 bits per heavy atom. The zero-order chi connectivity index (χ0) is 15.1. The van der Waals surface area contributed by atoms with E-state index in [1.807, 2.05) is 0 Å². The number of hydrogen-bond donors (Lipinski definition) is 2. The van der Waals surface area contributed by atoms with E-state index in [2.05, 4.69) is 36.5 Å². The average Bonchev–Trinajstić information content (AvgIpc) is 2.48. The fourth-order valence-electron chi connectivity index (χ4n) is 2.19. The van der Waals surface area contributed by atoms with Gasteiger partial charge in [0.25, 0.3) is 0 Å². The summed E-state index contributed by atoms with van der Waals surface area (Å²) >= 11 is 1.59. The van der Waals surface area contributed by atoms with E-state index >= 15 is 0 Å². The van der Waals surface area contributed by atoms with Gasteiger partial charge in [-0.3, -0.25) is 4.79 Å². The van der Waals surface area contributed by atoms with Gasteiger partial charge in [-0.1, -0.05) is 29.8 Å². The molecule has 1 heterocycles. The number of hydrogen-bond acceptors (Lipinski definition) is 4. The fourth-order valence-corrected chi connectivity index (χ4v) is 3.01. The van der Waals surface area contributed by atoms with Crippen LogP contribution < -0.4 is 5.32 Å². The zero-order valence-corrected chi connectivity index (χ0v) is 13.2. The van der Waals surface area contributed by atoms with Crippen molar-refractivity contribution in [2.45, 2.75) is 31.1 Å². The highest BCUT2D eigenvalue weighted by molar-refractivity contribution is 7.99. The van der Waals surface area contributed by atoms with E-state index in [1.54, 1.807) is 11.8 Å². The maximum absolute atomic E-state index is 11.8. The lowest BCUT2D eigenvalue weighted by atomic mass is 9.94. The van der Waals surface area contributed by atoms with Crippen molar-refractivity contribution in [3.63, 3.8) is 0 Å². The van der Waals surface area contributed by atoms with Crippen LogP contribution in [-0.4, -0.2) is 42.1 Å². The van der Waals surface area contributed by atoms with Crippen molar-refractivity contribution < 1.29 is 14.6 Å². The molecule has 4 nitrogen and oxygen atoms in total. The van der Waals surface area contributed by atoms with Crippen LogP contribution in [0.3, 0.4) is 0 Å². The van der Waals surface area contributed by atoms with E-state index < -0.39 is 5.60 Å². The first-order valence-corrected chi connectivity index (χ1v) is 8.43. The van der Waals surface area contributed by atoms with E-state index in [4.69, 9.17) is 4.74 Å². The average molecular weight is 309 g/mol. The van der Waals surface area contributed by atoms with E-state index in [9.17, 15) is 9.90 Å². The van der Waals surface area contributed by atoms with Crippen LogP contribution >= 0.6 is 11.8 Å². The maximum atomic E-state index is 11.8. The fraction of sp³-hybridized carbons (Fsp3) is 0.562. The summed E-state index contributed by atoms with van der Waals surface area (Å²) in [6.07, 6.45) is 1.17. The molecule has 116 valence electrons. The number of carbonyl (C=O) groups is 1. The number of nitrogens with one attached hydrogen (secondary N) is 1. The van der Waals surface area contributed by atoms with E-state index in [-0.39, 0.29) is 5.91 Å². The molecule has 0 aromatic heterocycles. The monoisotopic (exact) mass is 309 g/mol. The van der Waals surface area contributed by atoms with Crippen molar-refractivity contribution in [3.05, 3.63) is 35.4 Å². The van der Waals surface area contributed by atoms with Gasteiger partial charge >= 0.3 is 0 Å². The minimum Gasteiger partial charge on any atom is -0.388 e. The third-order valence-electron chi connectivity index (χ3n) is 3.66. The molecule has 0 unspecified atom stereocenters. The zero-order valence-electron chi connectivity index (χ0n) is 12.4. The molecule has 1 aliphatic rings. The highest BCUT2D eigenvalue weighted by atomic mass is 32.2. The summed E-state index contributed by atoms with van der Waals surface area (Å²) in [5, 5.41) is 13.1. The Morgan fingerprint density at radius 2 is 2.00 bits per heavy atom. The van der Waals surface area contributed by atoms with Crippen LogP contribution in [-0.2, 0) is 15.3 Å². The summed E-state index contributed by atoms with van der Waals surface area (Å²) in [7, 11) is 0. The lowest BCUT2D eigenvalue weighted by Crippen LogP contribution is -2.47. The molecule has 2 N–H and O–H groups in total. The minimum atomic E-state index is -0.796. The predicted octanol–water partition coefficient (Wildman–Crippen LogP) is 1.89. The van der Waals surface area contributed by atoms with Crippen molar-refractivity contribution in [3.8, 4) is 0 Å². The molecule has 5 heteroatoms. The van der Waals surface area contributed by atoms with Gasteiger partial charge < -0.3 is 15.2 Å². The van der Waals surface area contributed by atoms with E-state index in [1.165, 1.54) is 11.1 Å². The molecular formula is C16H23NO3S. The Bertz CT molecular complexity index is 455. The van der Waals surface area contributed by atoms with Crippen LogP contribution in [0.1, 0.15) is 24.0 Å². The third-order valence-corrected chi connectivity index (χ3v) is 4.66. The highest BCUT2D eigenvalue weighted by Crippen LogP contribution is 2.19. The highest BCUT2D eigenvalue weighted by Gasteiger charge is 2.29. The van der Waals surface area contributed by atoms with Gasteiger partial charge in [0.1, 0.15) is 0 Å². The topological polar surface area (TPSA) is 58.6 Å². The number of amides is 1.